The average molecular weight is 347 g/mol. The maximum atomic E-state index is 12.7. The monoisotopic (exact) mass is 347 g/mol. The number of hydrogen-bond acceptors (Lipinski definition) is 4. The first-order valence-corrected chi connectivity index (χ1v) is 9.20. The topological polar surface area (TPSA) is 60.7 Å². The number of methoxy groups -OCH3 is 1. The van der Waals surface area contributed by atoms with E-state index in [9.17, 15) is 9.90 Å². The third kappa shape index (κ3) is 4.47. The van der Waals surface area contributed by atoms with Crippen molar-refractivity contribution < 1.29 is 14.6 Å². The molecule has 0 unspecified atom stereocenters. The molecule has 0 saturated heterocycles. The van der Waals surface area contributed by atoms with Crippen molar-refractivity contribution in [1.29, 1.82) is 0 Å². The summed E-state index contributed by atoms with van der Waals surface area (Å²) in [7, 11) is 1.60. The Labute approximate surface area is 149 Å². The highest BCUT2D eigenvalue weighted by Gasteiger charge is 2.18. The Balaban J connectivity index is 2.49. The summed E-state index contributed by atoms with van der Waals surface area (Å²) >= 11 is 0. The van der Waals surface area contributed by atoms with Gasteiger partial charge >= 0.3 is 0 Å². The molecule has 1 aromatic carbocycles. The van der Waals surface area contributed by atoms with Gasteiger partial charge in [-0.3, -0.25) is 4.79 Å². The van der Waals surface area contributed by atoms with E-state index >= 15 is 0 Å². The van der Waals surface area contributed by atoms with E-state index < -0.39 is 5.56 Å². The van der Waals surface area contributed by atoms with E-state index in [1.54, 1.807) is 11.7 Å². The molecule has 0 fully saturated rings. The lowest BCUT2D eigenvalue weighted by Gasteiger charge is -2.16. The number of aromatic hydroxyl groups is 1. The van der Waals surface area contributed by atoms with Gasteiger partial charge in [0, 0.05) is 18.0 Å². The predicted molar refractivity (Wildman–Crippen MR) is 101 cm³/mol. The molecule has 0 aliphatic carbocycles. The Morgan fingerprint density at radius 3 is 2.52 bits per heavy atom. The van der Waals surface area contributed by atoms with Crippen LogP contribution in [-0.2, 0) is 6.54 Å². The quantitative estimate of drug-likeness (QED) is 0.644. The SMILES string of the molecule is CCCCCCn1c(=O)c(O)c(OCCCC)c2ccc(OC)cc21. The smallest absolute Gasteiger partial charge is 0.297 e. The lowest BCUT2D eigenvalue weighted by molar-refractivity contribution is 0.293. The Hall–Kier alpha value is -2.17. The van der Waals surface area contributed by atoms with Gasteiger partial charge in [0.25, 0.3) is 5.56 Å². The predicted octanol–water partition coefficient (Wildman–Crippen LogP) is 4.47. The van der Waals surface area contributed by atoms with E-state index in [0.717, 1.165) is 49.4 Å². The molecule has 1 aromatic heterocycles. The van der Waals surface area contributed by atoms with E-state index in [2.05, 4.69) is 13.8 Å². The minimum absolute atomic E-state index is 0.279. The summed E-state index contributed by atoms with van der Waals surface area (Å²) in [6.07, 6.45) is 6.09. The van der Waals surface area contributed by atoms with Crippen LogP contribution in [0, 0.1) is 0 Å². The maximum absolute atomic E-state index is 12.7. The second kappa shape index (κ2) is 9.35. The fourth-order valence-electron chi connectivity index (χ4n) is 2.90. The molecular formula is C20H29NO4. The third-order valence-electron chi connectivity index (χ3n) is 4.38. The molecule has 1 heterocycles. The molecule has 1 N–H and O–H groups in total. The average Bonchev–Trinajstić information content (AvgIpc) is 2.63. The molecule has 0 radical (unpaired) electrons. The highest BCUT2D eigenvalue weighted by Crippen LogP contribution is 2.34. The van der Waals surface area contributed by atoms with Gasteiger partial charge < -0.3 is 19.1 Å². The molecule has 0 spiro atoms. The van der Waals surface area contributed by atoms with Gasteiger partial charge in [0.05, 0.1) is 19.2 Å². The number of aryl methyl sites for hydroxylation is 1. The van der Waals surface area contributed by atoms with Gasteiger partial charge in [-0.05, 0) is 25.0 Å². The summed E-state index contributed by atoms with van der Waals surface area (Å²) in [5.41, 5.74) is 0.342. The molecule has 25 heavy (non-hydrogen) atoms. The van der Waals surface area contributed by atoms with Crippen molar-refractivity contribution in [2.45, 2.75) is 58.9 Å². The van der Waals surface area contributed by atoms with Crippen LogP contribution < -0.4 is 15.0 Å². The Bertz CT molecular complexity index is 751. The molecule has 5 nitrogen and oxygen atoms in total. The summed E-state index contributed by atoms with van der Waals surface area (Å²) < 4.78 is 12.7. The lowest BCUT2D eigenvalue weighted by atomic mass is 10.1. The van der Waals surface area contributed by atoms with Crippen LogP contribution in [0.5, 0.6) is 17.2 Å². The number of aromatic nitrogens is 1. The van der Waals surface area contributed by atoms with Crippen molar-refractivity contribution in [2.24, 2.45) is 0 Å². The minimum atomic E-state index is -0.399. The molecule has 5 heteroatoms. The lowest BCUT2D eigenvalue weighted by Crippen LogP contribution is -2.21. The van der Waals surface area contributed by atoms with E-state index in [-0.39, 0.29) is 11.5 Å². The normalized spacial score (nSPS) is 11.0. The van der Waals surface area contributed by atoms with Gasteiger partial charge in [-0.1, -0.05) is 39.5 Å². The Kier molecular flexibility index (Phi) is 7.16. The number of unbranched alkanes of at least 4 members (excludes halogenated alkanes) is 4. The number of ether oxygens (including phenoxy) is 2. The minimum Gasteiger partial charge on any atom is -0.500 e. The van der Waals surface area contributed by atoms with E-state index in [1.165, 1.54) is 0 Å². The summed E-state index contributed by atoms with van der Waals surface area (Å²) in [5.74, 6) is 0.657. The van der Waals surface area contributed by atoms with Crippen LogP contribution in [0.1, 0.15) is 52.4 Å². The second-order valence-electron chi connectivity index (χ2n) is 6.28. The van der Waals surface area contributed by atoms with Crippen LogP contribution in [0.4, 0.5) is 0 Å². The molecule has 138 valence electrons. The molecular weight excluding hydrogens is 318 g/mol. The molecule has 0 amide bonds. The zero-order valence-corrected chi connectivity index (χ0v) is 15.5. The highest BCUT2D eigenvalue weighted by molar-refractivity contribution is 5.88. The number of benzene rings is 1. The first-order chi connectivity index (χ1) is 12.1. The number of hydrogen-bond donors (Lipinski definition) is 1. The second-order valence-corrected chi connectivity index (χ2v) is 6.28. The fourth-order valence-corrected chi connectivity index (χ4v) is 2.90. The van der Waals surface area contributed by atoms with Gasteiger partial charge in [-0.15, -0.1) is 0 Å². The van der Waals surface area contributed by atoms with Gasteiger partial charge in [-0.25, -0.2) is 0 Å². The van der Waals surface area contributed by atoms with Crippen molar-refractivity contribution in [2.75, 3.05) is 13.7 Å². The first-order valence-electron chi connectivity index (χ1n) is 9.20. The number of fused-ring (bicyclic) bond motifs is 1. The summed E-state index contributed by atoms with van der Waals surface area (Å²) in [6.45, 7) is 5.28. The van der Waals surface area contributed by atoms with Gasteiger partial charge in [0.2, 0.25) is 5.75 Å². The highest BCUT2D eigenvalue weighted by atomic mass is 16.5. The molecule has 2 rings (SSSR count). The zero-order chi connectivity index (χ0) is 18.2. The van der Waals surface area contributed by atoms with Crippen molar-refractivity contribution in [3.63, 3.8) is 0 Å². The van der Waals surface area contributed by atoms with Crippen molar-refractivity contribution in [1.82, 2.24) is 4.57 Å². The zero-order valence-electron chi connectivity index (χ0n) is 15.5. The molecule has 0 saturated carbocycles. The van der Waals surface area contributed by atoms with Crippen LogP contribution >= 0.6 is 0 Å². The van der Waals surface area contributed by atoms with Gasteiger partial charge in [0.1, 0.15) is 5.75 Å². The maximum Gasteiger partial charge on any atom is 0.297 e. The Morgan fingerprint density at radius 2 is 1.84 bits per heavy atom. The number of pyridine rings is 1. The molecule has 0 bridgehead atoms. The van der Waals surface area contributed by atoms with Gasteiger partial charge in [-0.2, -0.15) is 0 Å². The van der Waals surface area contributed by atoms with Crippen LogP contribution in [0.2, 0.25) is 0 Å². The molecule has 0 aliphatic rings. The van der Waals surface area contributed by atoms with Crippen LogP contribution in [0.25, 0.3) is 10.9 Å². The van der Waals surface area contributed by atoms with Gasteiger partial charge in [0.15, 0.2) is 5.75 Å². The summed E-state index contributed by atoms with van der Waals surface area (Å²) in [4.78, 5) is 12.7. The number of rotatable bonds is 10. The third-order valence-corrected chi connectivity index (χ3v) is 4.38. The molecule has 2 aromatic rings. The summed E-state index contributed by atoms with van der Waals surface area (Å²) in [5, 5.41) is 11.2. The van der Waals surface area contributed by atoms with Crippen LogP contribution in [0.3, 0.4) is 0 Å². The van der Waals surface area contributed by atoms with E-state index in [1.807, 2.05) is 18.2 Å². The van der Waals surface area contributed by atoms with Crippen molar-refractivity contribution in [3.8, 4) is 17.2 Å². The Morgan fingerprint density at radius 1 is 1.08 bits per heavy atom. The fraction of sp³-hybridized carbons (Fsp3) is 0.550. The van der Waals surface area contributed by atoms with Crippen molar-refractivity contribution >= 4 is 10.9 Å². The summed E-state index contributed by atoms with van der Waals surface area (Å²) in [6, 6.07) is 5.50. The van der Waals surface area contributed by atoms with Crippen LogP contribution in [-0.4, -0.2) is 23.4 Å². The van der Waals surface area contributed by atoms with E-state index in [4.69, 9.17) is 9.47 Å². The van der Waals surface area contributed by atoms with Crippen LogP contribution in [0.15, 0.2) is 23.0 Å². The van der Waals surface area contributed by atoms with E-state index in [0.29, 0.717) is 18.9 Å². The molecule has 0 atom stereocenters. The largest absolute Gasteiger partial charge is 0.500 e. The first kappa shape index (κ1) is 19.2. The number of nitrogens with zero attached hydrogens (tertiary/aromatic N) is 1. The standard InChI is InChI=1S/C20H29NO4/c1-4-6-8-9-12-21-17-14-15(24-3)10-11-16(17)19(18(22)20(21)23)25-13-7-5-2/h10-11,14,22H,4-9,12-13H2,1-3H3. The van der Waals surface area contributed by atoms with Crippen molar-refractivity contribution in [3.05, 3.63) is 28.6 Å². The molecule has 0 aliphatic heterocycles.